The summed E-state index contributed by atoms with van der Waals surface area (Å²) in [5, 5.41) is 9.63. The number of guanidine groups is 1. The minimum Gasteiger partial charge on any atom is -0.489 e. The summed E-state index contributed by atoms with van der Waals surface area (Å²) in [6.45, 7) is 5.32. The van der Waals surface area contributed by atoms with Gasteiger partial charge in [-0.1, -0.05) is 30.7 Å². The molecule has 30 heavy (non-hydrogen) atoms. The Labute approximate surface area is 179 Å². The number of hydrogen-bond acceptors (Lipinski definition) is 3. The molecule has 2 aromatic carbocycles. The SMILES string of the molecule is CN=C(NCc1cccc(NC(=O)C2CCC2)c1)NCC(C)Oc1cccc(C)c1. The highest BCUT2D eigenvalue weighted by Crippen LogP contribution is 2.27. The van der Waals surface area contributed by atoms with Gasteiger partial charge in [-0.25, -0.2) is 0 Å². The molecule has 1 aliphatic rings. The Bertz CT molecular complexity index is 877. The molecule has 6 nitrogen and oxygen atoms in total. The maximum Gasteiger partial charge on any atom is 0.227 e. The van der Waals surface area contributed by atoms with Crippen molar-refractivity contribution in [3.8, 4) is 5.75 Å². The molecule has 2 aromatic rings. The van der Waals surface area contributed by atoms with Gasteiger partial charge in [-0.05, 0) is 62.1 Å². The first-order chi connectivity index (χ1) is 14.5. The fourth-order valence-corrected chi connectivity index (χ4v) is 3.28. The first-order valence-electron chi connectivity index (χ1n) is 10.6. The average Bonchev–Trinajstić information content (AvgIpc) is 2.67. The van der Waals surface area contributed by atoms with Gasteiger partial charge >= 0.3 is 0 Å². The van der Waals surface area contributed by atoms with Crippen LogP contribution in [0.4, 0.5) is 5.69 Å². The molecule has 3 N–H and O–H groups in total. The summed E-state index contributed by atoms with van der Waals surface area (Å²) in [6.07, 6.45) is 3.15. The highest BCUT2D eigenvalue weighted by molar-refractivity contribution is 5.93. The van der Waals surface area contributed by atoms with E-state index in [4.69, 9.17) is 4.74 Å². The van der Waals surface area contributed by atoms with Crippen molar-refractivity contribution in [1.29, 1.82) is 0 Å². The van der Waals surface area contributed by atoms with E-state index in [1.807, 2.05) is 49.4 Å². The van der Waals surface area contributed by atoms with Crippen LogP contribution in [0.5, 0.6) is 5.75 Å². The molecule has 0 spiro atoms. The number of anilines is 1. The Kier molecular flexibility index (Phi) is 7.71. The van der Waals surface area contributed by atoms with Crippen LogP contribution in [-0.4, -0.2) is 31.6 Å². The first-order valence-corrected chi connectivity index (χ1v) is 10.6. The third-order valence-electron chi connectivity index (χ3n) is 5.24. The molecular formula is C24H32N4O2. The molecule has 0 bridgehead atoms. The van der Waals surface area contributed by atoms with Gasteiger partial charge < -0.3 is 20.7 Å². The minimum absolute atomic E-state index is 0.00426. The normalized spacial score (nSPS) is 15.1. The van der Waals surface area contributed by atoms with Crippen molar-refractivity contribution in [2.24, 2.45) is 10.9 Å². The molecule has 0 radical (unpaired) electrons. The summed E-state index contributed by atoms with van der Waals surface area (Å²) in [7, 11) is 1.75. The lowest BCUT2D eigenvalue weighted by Crippen LogP contribution is -2.41. The first kappa shape index (κ1) is 21.7. The van der Waals surface area contributed by atoms with E-state index in [0.29, 0.717) is 19.0 Å². The Morgan fingerprint density at radius 1 is 1.17 bits per heavy atom. The van der Waals surface area contributed by atoms with Gasteiger partial charge in [0, 0.05) is 25.2 Å². The summed E-state index contributed by atoms with van der Waals surface area (Å²) in [4.78, 5) is 16.4. The fourth-order valence-electron chi connectivity index (χ4n) is 3.28. The van der Waals surface area contributed by atoms with E-state index in [0.717, 1.165) is 36.3 Å². The topological polar surface area (TPSA) is 74.8 Å². The van der Waals surface area contributed by atoms with Gasteiger partial charge in [0.1, 0.15) is 11.9 Å². The molecule has 1 atom stereocenters. The van der Waals surface area contributed by atoms with Crippen LogP contribution in [0.15, 0.2) is 53.5 Å². The van der Waals surface area contributed by atoms with Gasteiger partial charge in [0.25, 0.3) is 0 Å². The molecule has 1 unspecified atom stereocenters. The van der Waals surface area contributed by atoms with Crippen molar-refractivity contribution in [3.63, 3.8) is 0 Å². The van der Waals surface area contributed by atoms with Crippen LogP contribution in [-0.2, 0) is 11.3 Å². The van der Waals surface area contributed by atoms with Crippen LogP contribution in [0.1, 0.15) is 37.3 Å². The average molecular weight is 409 g/mol. The number of aliphatic imine (C=N–C) groups is 1. The van der Waals surface area contributed by atoms with Crippen LogP contribution >= 0.6 is 0 Å². The number of ether oxygens (including phenoxy) is 1. The predicted octanol–water partition coefficient (Wildman–Crippen LogP) is 3.87. The lowest BCUT2D eigenvalue weighted by molar-refractivity contribution is -0.122. The van der Waals surface area contributed by atoms with E-state index >= 15 is 0 Å². The molecule has 160 valence electrons. The second-order valence-corrected chi connectivity index (χ2v) is 7.87. The zero-order chi connectivity index (χ0) is 21.3. The number of carbonyl (C=O) groups is 1. The molecule has 1 aliphatic carbocycles. The van der Waals surface area contributed by atoms with E-state index in [1.165, 1.54) is 5.56 Å². The van der Waals surface area contributed by atoms with E-state index in [-0.39, 0.29) is 17.9 Å². The lowest BCUT2D eigenvalue weighted by Gasteiger charge is -2.24. The van der Waals surface area contributed by atoms with Crippen molar-refractivity contribution in [2.45, 2.75) is 45.8 Å². The van der Waals surface area contributed by atoms with Crippen molar-refractivity contribution >= 4 is 17.6 Å². The van der Waals surface area contributed by atoms with Gasteiger partial charge in [0.15, 0.2) is 5.96 Å². The number of amides is 1. The van der Waals surface area contributed by atoms with Crippen LogP contribution in [0, 0.1) is 12.8 Å². The van der Waals surface area contributed by atoms with E-state index < -0.39 is 0 Å². The Balaban J connectivity index is 1.44. The summed E-state index contributed by atoms with van der Waals surface area (Å²) >= 11 is 0. The molecular weight excluding hydrogens is 376 g/mol. The predicted molar refractivity (Wildman–Crippen MR) is 122 cm³/mol. The van der Waals surface area contributed by atoms with Crippen LogP contribution in [0.3, 0.4) is 0 Å². The smallest absolute Gasteiger partial charge is 0.227 e. The lowest BCUT2D eigenvalue weighted by atomic mass is 9.85. The molecule has 1 fully saturated rings. The van der Waals surface area contributed by atoms with Crippen molar-refractivity contribution < 1.29 is 9.53 Å². The summed E-state index contributed by atoms with van der Waals surface area (Å²) in [5.74, 6) is 1.89. The summed E-state index contributed by atoms with van der Waals surface area (Å²) in [6, 6.07) is 16.0. The van der Waals surface area contributed by atoms with Crippen LogP contribution in [0.2, 0.25) is 0 Å². The molecule has 3 rings (SSSR count). The van der Waals surface area contributed by atoms with Crippen molar-refractivity contribution in [3.05, 3.63) is 59.7 Å². The second-order valence-electron chi connectivity index (χ2n) is 7.87. The number of carbonyl (C=O) groups excluding carboxylic acids is 1. The van der Waals surface area contributed by atoms with Gasteiger partial charge in [-0.3, -0.25) is 9.79 Å². The number of nitrogens with zero attached hydrogens (tertiary/aromatic N) is 1. The molecule has 1 amide bonds. The summed E-state index contributed by atoms with van der Waals surface area (Å²) in [5.41, 5.74) is 3.10. The van der Waals surface area contributed by atoms with Gasteiger partial charge in [0.2, 0.25) is 5.91 Å². The standard InChI is InChI=1S/C24H32N4O2/c1-17-7-4-12-22(13-17)30-18(2)15-26-24(25-3)27-16-19-8-5-11-21(14-19)28-23(29)20-9-6-10-20/h4-5,7-8,11-14,18,20H,6,9-10,15-16H2,1-3H3,(H,28,29)(H2,25,26,27). The van der Waals surface area contributed by atoms with E-state index in [9.17, 15) is 4.79 Å². The fraction of sp³-hybridized carbons (Fsp3) is 0.417. The second kappa shape index (κ2) is 10.7. The number of nitrogens with one attached hydrogen (secondary N) is 3. The minimum atomic E-state index is -0.00426. The highest BCUT2D eigenvalue weighted by atomic mass is 16.5. The molecule has 1 saturated carbocycles. The van der Waals surface area contributed by atoms with Gasteiger partial charge in [-0.15, -0.1) is 0 Å². The Hall–Kier alpha value is -3.02. The third kappa shape index (κ3) is 6.51. The number of rotatable bonds is 8. The summed E-state index contributed by atoms with van der Waals surface area (Å²) < 4.78 is 5.95. The van der Waals surface area contributed by atoms with Crippen LogP contribution < -0.4 is 20.7 Å². The monoisotopic (exact) mass is 408 g/mol. The van der Waals surface area contributed by atoms with Crippen molar-refractivity contribution in [2.75, 3.05) is 18.9 Å². The number of hydrogen-bond donors (Lipinski definition) is 3. The zero-order valence-electron chi connectivity index (χ0n) is 18.1. The zero-order valence-corrected chi connectivity index (χ0v) is 18.1. The Morgan fingerprint density at radius 2 is 1.97 bits per heavy atom. The molecule has 0 aliphatic heterocycles. The maximum absolute atomic E-state index is 12.1. The molecule has 0 heterocycles. The molecule has 0 aromatic heterocycles. The third-order valence-corrected chi connectivity index (χ3v) is 5.24. The van der Waals surface area contributed by atoms with E-state index in [1.54, 1.807) is 7.05 Å². The van der Waals surface area contributed by atoms with Crippen molar-refractivity contribution in [1.82, 2.24) is 10.6 Å². The quantitative estimate of drug-likeness (QED) is 0.458. The van der Waals surface area contributed by atoms with Gasteiger partial charge in [0.05, 0.1) is 6.54 Å². The van der Waals surface area contributed by atoms with Crippen LogP contribution in [0.25, 0.3) is 0 Å². The number of aryl methyl sites for hydroxylation is 1. The highest BCUT2D eigenvalue weighted by Gasteiger charge is 2.25. The number of benzene rings is 2. The molecule has 0 saturated heterocycles. The largest absolute Gasteiger partial charge is 0.489 e. The Morgan fingerprint density at radius 3 is 2.67 bits per heavy atom. The van der Waals surface area contributed by atoms with E-state index in [2.05, 4.69) is 33.9 Å². The molecule has 6 heteroatoms. The van der Waals surface area contributed by atoms with Gasteiger partial charge in [-0.2, -0.15) is 0 Å². The maximum atomic E-state index is 12.1.